The third-order valence-corrected chi connectivity index (χ3v) is 1.82. The van der Waals surface area contributed by atoms with Crippen molar-refractivity contribution in [1.29, 1.82) is 0 Å². The molecule has 1 atom stereocenters. The van der Waals surface area contributed by atoms with Crippen LogP contribution in [0.5, 0.6) is 0 Å². The number of carbonyl (C=O) groups excluding carboxylic acids is 2. The molecule has 1 rings (SSSR count). The molecule has 0 aromatic rings. The highest BCUT2D eigenvalue weighted by Crippen LogP contribution is 2.26. The normalized spacial score (nSPS) is 25.7. The Morgan fingerprint density at radius 3 is 2.69 bits per heavy atom. The Hall–Kier alpha value is -0.900. The van der Waals surface area contributed by atoms with Crippen molar-refractivity contribution < 1.29 is 19.1 Å². The molecule has 4 nitrogen and oxygen atoms in total. The summed E-state index contributed by atoms with van der Waals surface area (Å²) in [5.74, 6) is -1.13. The first kappa shape index (κ1) is 10.2. The van der Waals surface area contributed by atoms with Crippen LogP contribution >= 0.6 is 0 Å². The van der Waals surface area contributed by atoms with Crippen molar-refractivity contribution in [1.82, 2.24) is 0 Å². The molecule has 0 unspecified atom stereocenters. The molecule has 0 aromatic heterocycles. The zero-order chi connectivity index (χ0) is 9.90. The highest BCUT2D eigenvalue weighted by Gasteiger charge is 2.40. The first-order chi connectivity index (χ1) is 6.05. The minimum atomic E-state index is -0.803. The summed E-state index contributed by atoms with van der Waals surface area (Å²) in [7, 11) is 0. The van der Waals surface area contributed by atoms with Crippen LogP contribution in [-0.4, -0.2) is 24.1 Å². The zero-order valence-corrected chi connectivity index (χ0v) is 7.91. The van der Waals surface area contributed by atoms with E-state index in [2.05, 4.69) is 0 Å². The summed E-state index contributed by atoms with van der Waals surface area (Å²) in [6, 6.07) is 0. The molecule has 0 radical (unpaired) electrons. The lowest BCUT2D eigenvalue weighted by Crippen LogP contribution is -2.21. The van der Waals surface area contributed by atoms with Gasteiger partial charge in [-0.15, -0.1) is 0 Å². The lowest BCUT2D eigenvalue weighted by Gasteiger charge is -2.14. The Morgan fingerprint density at radius 2 is 2.23 bits per heavy atom. The van der Waals surface area contributed by atoms with E-state index in [0.29, 0.717) is 19.3 Å². The largest absolute Gasteiger partial charge is 0.432 e. The molecule has 0 amide bonds. The number of rotatable bonds is 4. The second-order valence-corrected chi connectivity index (χ2v) is 3.52. The van der Waals surface area contributed by atoms with E-state index >= 15 is 0 Å². The van der Waals surface area contributed by atoms with Crippen LogP contribution in [0.4, 0.5) is 0 Å². The fraction of sp³-hybridized carbons (Fsp3) is 0.778. The van der Waals surface area contributed by atoms with Gasteiger partial charge in [0.1, 0.15) is 6.29 Å². The van der Waals surface area contributed by atoms with Crippen LogP contribution in [0.25, 0.3) is 0 Å². The molecule has 0 N–H and O–H groups in total. The van der Waals surface area contributed by atoms with Gasteiger partial charge in [-0.25, -0.2) is 4.79 Å². The fourth-order valence-corrected chi connectivity index (χ4v) is 1.29. The van der Waals surface area contributed by atoms with Crippen molar-refractivity contribution >= 4 is 12.3 Å². The third kappa shape index (κ3) is 2.81. The maximum absolute atomic E-state index is 11.1. The van der Waals surface area contributed by atoms with Crippen LogP contribution in [0.3, 0.4) is 0 Å². The van der Waals surface area contributed by atoms with Crippen molar-refractivity contribution in [2.45, 2.75) is 45.0 Å². The van der Waals surface area contributed by atoms with E-state index in [1.165, 1.54) is 0 Å². The van der Waals surface area contributed by atoms with E-state index in [0.717, 1.165) is 6.29 Å². The minimum absolute atomic E-state index is 0.323. The van der Waals surface area contributed by atoms with Gasteiger partial charge in [0.05, 0.1) is 0 Å². The summed E-state index contributed by atoms with van der Waals surface area (Å²) < 4.78 is 10.3. The maximum Gasteiger partial charge on any atom is 0.337 e. The van der Waals surface area contributed by atoms with Gasteiger partial charge < -0.3 is 14.3 Å². The Bertz CT molecular complexity index is 210. The van der Waals surface area contributed by atoms with Crippen molar-refractivity contribution in [3.63, 3.8) is 0 Å². The van der Waals surface area contributed by atoms with E-state index in [4.69, 9.17) is 9.47 Å². The highest BCUT2D eigenvalue weighted by atomic mass is 16.8. The summed E-state index contributed by atoms with van der Waals surface area (Å²) in [5.41, 5.74) is 0. The summed E-state index contributed by atoms with van der Waals surface area (Å²) in [4.78, 5) is 21.2. The molecule has 74 valence electrons. The minimum Gasteiger partial charge on any atom is -0.432 e. The second-order valence-electron chi connectivity index (χ2n) is 3.52. The van der Waals surface area contributed by atoms with Gasteiger partial charge in [0.25, 0.3) is 0 Å². The van der Waals surface area contributed by atoms with E-state index in [1.807, 2.05) is 0 Å². The van der Waals surface area contributed by atoms with Crippen LogP contribution < -0.4 is 0 Å². The average Bonchev–Trinajstić information content (AvgIpc) is 2.25. The Balaban J connectivity index is 2.35. The molecule has 13 heavy (non-hydrogen) atoms. The standard InChI is InChI=1S/C9H14O4/c1-9(2)12-7(8(11)13-9)5-3-4-6-10/h6-7H,3-5H2,1-2H3/t7-/m1/s1. The summed E-state index contributed by atoms with van der Waals surface area (Å²) in [5, 5.41) is 0. The Morgan fingerprint density at radius 1 is 1.54 bits per heavy atom. The number of cyclic esters (lactones) is 1. The monoisotopic (exact) mass is 186 g/mol. The maximum atomic E-state index is 11.1. The molecule has 4 heteroatoms. The van der Waals surface area contributed by atoms with Gasteiger partial charge >= 0.3 is 5.97 Å². The molecule has 1 saturated heterocycles. The van der Waals surface area contributed by atoms with Crippen molar-refractivity contribution in [2.75, 3.05) is 0 Å². The van der Waals surface area contributed by atoms with Crippen LogP contribution in [0.15, 0.2) is 0 Å². The number of aldehydes is 1. The highest BCUT2D eigenvalue weighted by molar-refractivity contribution is 5.76. The van der Waals surface area contributed by atoms with Crippen molar-refractivity contribution in [3.8, 4) is 0 Å². The number of hydrogen-bond donors (Lipinski definition) is 0. The quantitative estimate of drug-likeness (QED) is 0.374. The van der Waals surface area contributed by atoms with Gasteiger partial charge in [0.2, 0.25) is 5.79 Å². The third-order valence-electron chi connectivity index (χ3n) is 1.82. The average molecular weight is 186 g/mol. The zero-order valence-electron chi connectivity index (χ0n) is 7.91. The molecule has 1 aliphatic heterocycles. The van der Waals surface area contributed by atoms with Crippen molar-refractivity contribution in [3.05, 3.63) is 0 Å². The molecule has 0 aromatic carbocycles. The summed E-state index contributed by atoms with van der Waals surface area (Å²) >= 11 is 0. The Kier molecular flexibility index (Phi) is 3.03. The number of carbonyl (C=O) groups is 2. The van der Waals surface area contributed by atoms with Crippen LogP contribution in [0.2, 0.25) is 0 Å². The van der Waals surface area contributed by atoms with Gasteiger partial charge in [0, 0.05) is 20.3 Å². The molecule has 0 aliphatic carbocycles. The van der Waals surface area contributed by atoms with E-state index in [-0.39, 0.29) is 5.97 Å². The number of ether oxygens (including phenoxy) is 2. The lowest BCUT2D eigenvalue weighted by atomic mass is 10.2. The fourth-order valence-electron chi connectivity index (χ4n) is 1.29. The molecule has 1 heterocycles. The Labute approximate surface area is 77.2 Å². The van der Waals surface area contributed by atoms with Gasteiger partial charge in [-0.2, -0.15) is 0 Å². The molecule has 0 bridgehead atoms. The first-order valence-corrected chi connectivity index (χ1v) is 4.39. The first-order valence-electron chi connectivity index (χ1n) is 4.39. The second kappa shape index (κ2) is 3.87. The predicted molar refractivity (Wildman–Crippen MR) is 45.0 cm³/mol. The van der Waals surface area contributed by atoms with Crippen LogP contribution in [-0.2, 0) is 19.1 Å². The molecular weight excluding hydrogens is 172 g/mol. The van der Waals surface area contributed by atoms with E-state index < -0.39 is 11.9 Å². The summed E-state index contributed by atoms with van der Waals surface area (Å²) in [6.07, 6.45) is 2.04. The molecule has 0 saturated carbocycles. The van der Waals surface area contributed by atoms with Gasteiger partial charge in [0.15, 0.2) is 6.10 Å². The lowest BCUT2D eigenvalue weighted by molar-refractivity contribution is -0.160. The molecule has 0 spiro atoms. The molecule has 1 fully saturated rings. The number of unbranched alkanes of at least 4 members (excludes halogenated alkanes) is 1. The topological polar surface area (TPSA) is 52.6 Å². The van der Waals surface area contributed by atoms with Crippen LogP contribution in [0, 0.1) is 0 Å². The van der Waals surface area contributed by atoms with E-state index in [9.17, 15) is 9.59 Å². The molecule has 1 aliphatic rings. The van der Waals surface area contributed by atoms with Crippen LogP contribution in [0.1, 0.15) is 33.1 Å². The number of esters is 1. The predicted octanol–water partition coefficient (Wildman–Crippen LogP) is 1.03. The SMILES string of the molecule is CC1(C)OC(=O)[C@@H](CCCC=O)O1. The van der Waals surface area contributed by atoms with Gasteiger partial charge in [-0.1, -0.05) is 0 Å². The summed E-state index contributed by atoms with van der Waals surface area (Å²) in [6.45, 7) is 3.40. The van der Waals surface area contributed by atoms with Gasteiger partial charge in [-0.3, -0.25) is 0 Å². The number of hydrogen-bond acceptors (Lipinski definition) is 4. The van der Waals surface area contributed by atoms with E-state index in [1.54, 1.807) is 13.8 Å². The van der Waals surface area contributed by atoms with Gasteiger partial charge in [-0.05, 0) is 12.8 Å². The molecular formula is C9H14O4. The smallest absolute Gasteiger partial charge is 0.337 e. The van der Waals surface area contributed by atoms with Crippen molar-refractivity contribution in [2.24, 2.45) is 0 Å².